The van der Waals surface area contributed by atoms with Crippen molar-refractivity contribution in [1.82, 2.24) is 10.6 Å². The summed E-state index contributed by atoms with van der Waals surface area (Å²) in [6, 6.07) is 0.136. The fourth-order valence-corrected chi connectivity index (χ4v) is 2.79. The molecule has 0 unspecified atom stereocenters. The Bertz CT molecular complexity index is 396. The Balaban J connectivity index is 2.40. The molecule has 0 heterocycles. The third-order valence-corrected chi connectivity index (χ3v) is 3.99. The van der Waals surface area contributed by atoms with Gasteiger partial charge in [-0.05, 0) is 52.4 Å². The molecule has 0 spiro atoms. The molecule has 0 aromatic carbocycles. The molecule has 1 saturated carbocycles. The second-order valence-electron chi connectivity index (χ2n) is 7.61. The Hall–Kier alpha value is -1.30. The fourth-order valence-electron chi connectivity index (χ4n) is 2.79. The summed E-state index contributed by atoms with van der Waals surface area (Å²) in [6.45, 7) is 9.57. The maximum absolute atomic E-state index is 11.8. The molecule has 1 aliphatic rings. The molecule has 6 nitrogen and oxygen atoms in total. The summed E-state index contributed by atoms with van der Waals surface area (Å²) in [5.41, 5.74) is -0.478. The molecule has 0 aliphatic heterocycles. The SMILES string of the molecule is COC(=O)[C@@H](NC1CCC(NC(=O)OC(C)(C)C)CC1)C(C)C. The smallest absolute Gasteiger partial charge is 0.407 e. The Kier molecular flexibility index (Phi) is 7.32. The Morgan fingerprint density at radius 2 is 1.57 bits per heavy atom. The predicted molar refractivity (Wildman–Crippen MR) is 89.2 cm³/mol. The summed E-state index contributed by atoms with van der Waals surface area (Å²) >= 11 is 0. The van der Waals surface area contributed by atoms with E-state index < -0.39 is 5.60 Å². The lowest BCUT2D eigenvalue weighted by Crippen LogP contribution is -2.50. The highest BCUT2D eigenvalue weighted by Crippen LogP contribution is 2.21. The highest BCUT2D eigenvalue weighted by atomic mass is 16.6. The molecule has 1 amide bonds. The zero-order chi connectivity index (χ0) is 17.6. The van der Waals surface area contributed by atoms with Crippen LogP contribution in [0.4, 0.5) is 4.79 Å². The van der Waals surface area contributed by atoms with Crippen LogP contribution in [0.3, 0.4) is 0 Å². The van der Waals surface area contributed by atoms with E-state index in [9.17, 15) is 9.59 Å². The van der Waals surface area contributed by atoms with Gasteiger partial charge in [-0.2, -0.15) is 0 Å². The van der Waals surface area contributed by atoms with Crippen LogP contribution < -0.4 is 10.6 Å². The number of hydrogen-bond donors (Lipinski definition) is 2. The van der Waals surface area contributed by atoms with Crippen molar-refractivity contribution in [3.05, 3.63) is 0 Å². The van der Waals surface area contributed by atoms with Gasteiger partial charge in [0.1, 0.15) is 11.6 Å². The van der Waals surface area contributed by atoms with Gasteiger partial charge in [-0.25, -0.2) is 4.79 Å². The number of rotatable bonds is 5. The largest absolute Gasteiger partial charge is 0.468 e. The van der Waals surface area contributed by atoms with Crippen LogP contribution >= 0.6 is 0 Å². The van der Waals surface area contributed by atoms with Gasteiger partial charge in [-0.15, -0.1) is 0 Å². The minimum absolute atomic E-state index is 0.138. The van der Waals surface area contributed by atoms with Crippen LogP contribution in [0.25, 0.3) is 0 Å². The Morgan fingerprint density at radius 1 is 1.04 bits per heavy atom. The number of carbonyl (C=O) groups is 2. The van der Waals surface area contributed by atoms with Crippen molar-refractivity contribution in [2.24, 2.45) is 5.92 Å². The van der Waals surface area contributed by atoms with E-state index in [2.05, 4.69) is 10.6 Å². The van der Waals surface area contributed by atoms with Crippen molar-refractivity contribution in [3.8, 4) is 0 Å². The molecule has 1 aliphatic carbocycles. The van der Waals surface area contributed by atoms with Gasteiger partial charge in [0, 0.05) is 12.1 Å². The Morgan fingerprint density at radius 3 is 2.00 bits per heavy atom. The van der Waals surface area contributed by atoms with Crippen molar-refractivity contribution >= 4 is 12.1 Å². The van der Waals surface area contributed by atoms with Crippen molar-refractivity contribution in [2.45, 2.75) is 84.0 Å². The van der Waals surface area contributed by atoms with E-state index in [-0.39, 0.29) is 36.1 Å². The minimum atomic E-state index is -0.478. The van der Waals surface area contributed by atoms with E-state index in [4.69, 9.17) is 9.47 Å². The van der Waals surface area contributed by atoms with E-state index in [1.807, 2.05) is 34.6 Å². The predicted octanol–water partition coefficient (Wildman–Crippen LogP) is 2.61. The van der Waals surface area contributed by atoms with Crippen LogP contribution in [0.15, 0.2) is 0 Å². The number of ether oxygens (including phenoxy) is 2. The van der Waals surface area contributed by atoms with Crippen LogP contribution in [-0.2, 0) is 14.3 Å². The highest BCUT2D eigenvalue weighted by Gasteiger charge is 2.29. The standard InChI is InChI=1S/C17H32N2O4/c1-11(2)14(15(20)22-6)18-12-7-9-13(10-8-12)19-16(21)23-17(3,4)5/h11-14,18H,7-10H2,1-6H3,(H,19,21)/t12?,13?,14-/m0/s1. The monoisotopic (exact) mass is 328 g/mol. The summed E-state index contributed by atoms with van der Waals surface area (Å²) < 4.78 is 10.1. The molecule has 0 radical (unpaired) electrons. The molecular weight excluding hydrogens is 296 g/mol. The van der Waals surface area contributed by atoms with Gasteiger partial charge in [-0.3, -0.25) is 4.79 Å². The van der Waals surface area contributed by atoms with Gasteiger partial charge < -0.3 is 20.1 Å². The average Bonchev–Trinajstić information content (AvgIpc) is 2.43. The molecule has 0 aromatic rings. The molecule has 2 N–H and O–H groups in total. The summed E-state index contributed by atoms with van der Waals surface area (Å²) in [7, 11) is 1.42. The van der Waals surface area contributed by atoms with Crippen LogP contribution in [0.5, 0.6) is 0 Å². The van der Waals surface area contributed by atoms with Gasteiger partial charge in [-0.1, -0.05) is 13.8 Å². The lowest BCUT2D eigenvalue weighted by molar-refractivity contribution is -0.144. The zero-order valence-corrected chi connectivity index (χ0v) is 15.3. The van der Waals surface area contributed by atoms with Gasteiger partial charge in [0.25, 0.3) is 0 Å². The van der Waals surface area contributed by atoms with Crippen molar-refractivity contribution in [1.29, 1.82) is 0 Å². The van der Waals surface area contributed by atoms with Crippen LogP contribution in [0, 0.1) is 5.92 Å². The van der Waals surface area contributed by atoms with Gasteiger partial charge in [0.05, 0.1) is 7.11 Å². The third kappa shape index (κ3) is 7.20. The minimum Gasteiger partial charge on any atom is -0.468 e. The van der Waals surface area contributed by atoms with E-state index in [0.717, 1.165) is 25.7 Å². The first-order valence-electron chi connectivity index (χ1n) is 8.45. The molecule has 23 heavy (non-hydrogen) atoms. The van der Waals surface area contributed by atoms with Crippen LogP contribution in [-0.4, -0.2) is 42.9 Å². The van der Waals surface area contributed by atoms with Gasteiger partial charge >= 0.3 is 12.1 Å². The molecular formula is C17H32N2O4. The fraction of sp³-hybridized carbons (Fsp3) is 0.882. The first-order valence-corrected chi connectivity index (χ1v) is 8.45. The van der Waals surface area contributed by atoms with Crippen molar-refractivity contribution < 1.29 is 19.1 Å². The number of methoxy groups -OCH3 is 1. The number of hydrogen-bond acceptors (Lipinski definition) is 5. The molecule has 1 fully saturated rings. The number of amides is 1. The summed E-state index contributed by atoms with van der Waals surface area (Å²) in [5.74, 6) is -0.0333. The lowest BCUT2D eigenvalue weighted by Gasteiger charge is -2.33. The topological polar surface area (TPSA) is 76.7 Å². The number of carbonyl (C=O) groups excluding carboxylic acids is 2. The second-order valence-corrected chi connectivity index (χ2v) is 7.61. The molecule has 1 rings (SSSR count). The molecule has 134 valence electrons. The van der Waals surface area contributed by atoms with Crippen LogP contribution in [0.1, 0.15) is 60.3 Å². The molecule has 6 heteroatoms. The number of esters is 1. The maximum Gasteiger partial charge on any atom is 0.407 e. The third-order valence-electron chi connectivity index (χ3n) is 3.99. The first-order chi connectivity index (χ1) is 10.6. The highest BCUT2D eigenvalue weighted by molar-refractivity contribution is 5.76. The Labute approximate surface area is 139 Å². The van der Waals surface area contributed by atoms with E-state index in [1.54, 1.807) is 0 Å². The van der Waals surface area contributed by atoms with Crippen molar-refractivity contribution in [2.75, 3.05) is 7.11 Å². The lowest BCUT2D eigenvalue weighted by atomic mass is 9.90. The van der Waals surface area contributed by atoms with Crippen molar-refractivity contribution in [3.63, 3.8) is 0 Å². The zero-order valence-electron chi connectivity index (χ0n) is 15.3. The number of alkyl carbamates (subject to hydrolysis) is 1. The maximum atomic E-state index is 11.8. The summed E-state index contributed by atoms with van der Waals surface area (Å²) in [6.07, 6.45) is 3.23. The van der Waals surface area contributed by atoms with Gasteiger partial charge in [0.15, 0.2) is 0 Å². The normalized spacial score (nSPS) is 23.3. The van der Waals surface area contributed by atoms with E-state index >= 15 is 0 Å². The first kappa shape index (κ1) is 19.7. The van der Waals surface area contributed by atoms with E-state index in [1.165, 1.54) is 7.11 Å². The van der Waals surface area contributed by atoms with E-state index in [0.29, 0.717) is 0 Å². The molecule has 0 bridgehead atoms. The summed E-state index contributed by atoms with van der Waals surface area (Å²) in [5, 5.41) is 6.33. The average molecular weight is 328 g/mol. The molecule has 0 saturated heterocycles. The van der Waals surface area contributed by atoms with Gasteiger partial charge in [0.2, 0.25) is 0 Å². The summed E-state index contributed by atoms with van der Waals surface area (Å²) in [4.78, 5) is 23.6. The molecule has 0 aromatic heterocycles. The van der Waals surface area contributed by atoms with Crippen LogP contribution in [0.2, 0.25) is 0 Å². The molecule has 1 atom stereocenters. The number of nitrogens with one attached hydrogen (secondary N) is 2. The quantitative estimate of drug-likeness (QED) is 0.759. The second kappa shape index (κ2) is 8.52.